The number of rotatable bonds is 5. The first-order valence-corrected chi connectivity index (χ1v) is 16.7. The first-order valence-electron chi connectivity index (χ1n) is 16.7. The highest BCUT2D eigenvalue weighted by molar-refractivity contribution is 6.28. The average Bonchev–Trinajstić information content (AvgIpc) is 3.72. The molecule has 8 aromatic carbocycles. The van der Waals surface area contributed by atoms with Crippen LogP contribution < -0.4 is 4.90 Å². The van der Waals surface area contributed by atoms with Gasteiger partial charge in [-0.05, 0) is 65.0 Å². The summed E-state index contributed by atoms with van der Waals surface area (Å²) in [4.78, 5) is 2.42. The molecule has 0 amide bonds. The fourth-order valence-electron chi connectivity index (χ4n) is 7.59. The molecule has 0 radical (unpaired) electrons. The Morgan fingerprint density at radius 1 is 0.429 bits per heavy atom. The van der Waals surface area contributed by atoms with Gasteiger partial charge in [0, 0.05) is 27.5 Å². The molecule has 2 heterocycles. The van der Waals surface area contributed by atoms with Crippen molar-refractivity contribution in [2.45, 2.75) is 0 Å². The molecule has 0 saturated carbocycles. The molecule has 0 aliphatic carbocycles. The van der Waals surface area contributed by atoms with Crippen LogP contribution >= 0.6 is 0 Å². The van der Waals surface area contributed by atoms with Crippen LogP contribution in [0.15, 0.2) is 186 Å². The maximum atomic E-state index is 6.91. The number of fused-ring (bicyclic) bond motifs is 8. The van der Waals surface area contributed by atoms with Crippen molar-refractivity contribution in [2.24, 2.45) is 0 Å². The second-order valence-corrected chi connectivity index (χ2v) is 12.5. The Morgan fingerprint density at radius 3 is 1.88 bits per heavy atom. The third kappa shape index (κ3) is 4.29. The summed E-state index contributed by atoms with van der Waals surface area (Å²) in [5, 5.41) is 6.85. The Hall–Kier alpha value is -6.58. The van der Waals surface area contributed by atoms with E-state index in [9.17, 15) is 0 Å². The van der Waals surface area contributed by atoms with E-state index in [0.29, 0.717) is 0 Å². The van der Waals surface area contributed by atoms with E-state index < -0.39 is 0 Å². The van der Waals surface area contributed by atoms with Gasteiger partial charge in [-0.25, -0.2) is 0 Å². The zero-order chi connectivity index (χ0) is 32.3. The van der Waals surface area contributed by atoms with E-state index in [4.69, 9.17) is 4.42 Å². The summed E-state index contributed by atoms with van der Waals surface area (Å²) in [5.41, 5.74) is 10.7. The number of aromatic nitrogens is 1. The molecule has 0 bridgehead atoms. The number of benzene rings is 8. The number of furan rings is 1. The largest absolute Gasteiger partial charge is 0.455 e. The standard InChI is InChI=1S/C46H30N2O/c1-3-14-31(15-4-1)32-26-28-35(29-27-32)48(39-24-13-17-33-16-7-8-20-36(33)39)42-30-41-44(46-45(42)38-22-10-12-25-43(38)49-46)37-21-9-11-23-40(37)47(41)34-18-5-2-6-19-34/h1-30H. The average molecular weight is 627 g/mol. The number of hydrogen-bond donors (Lipinski definition) is 0. The SMILES string of the molecule is c1ccc(-c2ccc(N(c3cccc4ccccc34)c3cc4c(c5ccccc5n4-c4ccccc4)c4oc5ccccc5c34)cc2)cc1. The number of hydrogen-bond acceptors (Lipinski definition) is 2. The third-order valence-corrected chi connectivity index (χ3v) is 9.76. The van der Waals surface area contributed by atoms with Crippen molar-refractivity contribution in [3.05, 3.63) is 182 Å². The zero-order valence-corrected chi connectivity index (χ0v) is 26.6. The van der Waals surface area contributed by atoms with Crippen molar-refractivity contribution in [3.8, 4) is 16.8 Å². The molecule has 2 aromatic heterocycles. The maximum absolute atomic E-state index is 6.91. The van der Waals surface area contributed by atoms with Gasteiger partial charge in [0.05, 0.1) is 33.2 Å². The van der Waals surface area contributed by atoms with Crippen LogP contribution in [0, 0.1) is 0 Å². The number of para-hydroxylation sites is 3. The summed E-state index contributed by atoms with van der Waals surface area (Å²) in [5.74, 6) is 0. The molecule has 0 aliphatic rings. The Morgan fingerprint density at radius 2 is 1.06 bits per heavy atom. The van der Waals surface area contributed by atoms with Crippen molar-refractivity contribution in [1.82, 2.24) is 4.57 Å². The fraction of sp³-hybridized carbons (Fsp3) is 0. The fourth-order valence-corrected chi connectivity index (χ4v) is 7.59. The lowest BCUT2D eigenvalue weighted by Gasteiger charge is -2.28. The molecule has 0 N–H and O–H groups in total. The van der Waals surface area contributed by atoms with Crippen LogP contribution in [-0.2, 0) is 0 Å². The quantitative estimate of drug-likeness (QED) is 0.190. The molecule has 0 aliphatic heterocycles. The molecule has 0 fully saturated rings. The summed E-state index contributed by atoms with van der Waals surface area (Å²) in [6, 6.07) is 64.9. The lowest BCUT2D eigenvalue weighted by atomic mass is 10.0. The molecule has 10 aromatic rings. The summed E-state index contributed by atoms with van der Waals surface area (Å²) in [6.07, 6.45) is 0. The Bertz CT molecular complexity index is 2810. The van der Waals surface area contributed by atoms with Crippen molar-refractivity contribution in [2.75, 3.05) is 4.90 Å². The van der Waals surface area contributed by atoms with Gasteiger partial charge in [0.1, 0.15) is 11.2 Å². The van der Waals surface area contributed by atoms with E-state index in [-0.39, 0.29) is 0 Å². The van der Waals surface area contributed by atoms with Crippen molar-refractivity contribution in [3.63, 3.8) is 0 Å². The molecule has 49 heavy (non-hydrogen) atoms. The van der Waals surface area contributed by atoms with Crippen LogP contribution in [0.2, 0.25) is 0 Å². The summed E-state index contributed by atoms with van der Waals surface area (Å²) < 4.78 is 9.29. The molecule has 0 atom stereocenters. The van der Waals surface area contributed by atoms with Gasteiger partial charge in [-0.1, -0.05) is 133 Å². The van der Waals surface area contributed by atoms with Gasteiger partial charge in [0.25, 0.3) is 0 Å². The monoisotopic (exact) mass is 626 g/mol. The summed E-state index contributed by atoms with van der Waals surface area (Å²) >= 11 is 0. The normalized spacial score (nSPS) is 11.7. The van der Waals surface area contributed by atoms with Crippen LogP contribution in [0.25, 0.3) is 71.3 Å². The van der Waals surface area contributed by atoms with Crippen molar-refractivity contribution in [1.29, 1.82) is 0 Å². The molecule has 0 saturated heterocycles. The van der Waals surface area contributed by atoms with Gasteiger partial charge in [0.15, 0.2) is 0 Å². The van der Waals surface area contributed by atoms with Gasteiger partial charge in [-0.15, -0.1) is 0 Å². The minimum atomic E-state index is 0.875. The molecule has 3 nitrogen and oxygen atoms in total. The predicted molar refractivity (Wildman–Crippen MR) is 206 cm³/mol. The van der Waals surface area contributed by atoms with E-state index in [1.807, 2.05) is 0 Å². The second kappa shape index (κ2) is 11.0. The van der Waals surface area contributed by atoms with Gasteiger partial charge >= 0.3 is 0 Å². The first kappa shape index (κ1) is 27.5. The molecule has 0 spiro atoms. The van der Waals surface area contributed by atoms with E-state index in [1.165, 1.54) is 27.3 Å². The van der Waals surface area contributed by atoms with Gasteiger partial charge in [-0.2, -0.15) is 0 Å². The highest BCUT2D eigenvalue weighted by Gasteiger charge is 2.26. The third-order valence-electron chi connectivity index (χ3n) is 9.76. The van der Waals surface area contributed by atoms with Crippen LogP contribution in [-0.4, -0.2) is 4.57 Å². The number of anilines is 3. The summed E-state index contributed by atoms with van der Waals surface area (Å²) in [6.45, 7) is 0. The number of nitrogens with zero attached hydrogens (tertiary/aromatic N) is 2. The Balaban J connectivity index is 1.36. The van der Waals surface area contributed by atoms with E-state index in [1.54, 1.807) is 0 Å². The molecule has 10 rings (SSSR count). The molecular formula is C46H30N2O. The van der Waals surface area contributed by atoms with Gasteiger partial charge in [-0.3, -0.25) is 0 Å². The smallest absolute Gasteiger partial charge is 0.147 e. The Kier molecular flexibility index (Phi) is 6.18. The molecule has 0 unspecified atom stereocenters. The van der Waals surface area contributed by atoms with Crippen molar-refractivity contribution < 1.29 is 4.42 Å². The molecule has 230 valence electrons. The lowest BCUT2D eigenvalue weighted by molar-refractivity contribution is 0.673. The van der Waals surface area contributed by atoms with Crippen LogP contribution in [0.3, 0.4) is 0 Å². The zero-order valence-electron chi connectivity index (χ0n) is 26.6. The Labute approximate surface area is 283 Å². The van der Waals surface area contributed by atoms with Crippen LogP contribution in [0.5, 0.6) is 0 Å². The van der Waals surface area contributed by atoms with E-state index >= 15 is 0 Å². The first-order chi connectivity index (χ1) is 24.3. The molecular weight excluding hydrogens is 597 g/mol. The second-order valence-electron chi connectivity index (χ2n) is 12.5. The topological polar surface area (TPSA) is 21.3 Å². The predicted octanol–water partition coefficient (Wildman–Crippen LogP) is 13.0. The van der Waals surface area contributed by atoms with Gasteiger partial charge < -0.3 is 13.9 Å². The van der Waals surface area contributed by atoms with Gasteiger partial charge in [0.2, 0.25) is 0 Å². The van der Waals surface area contributed by atoms with E-state index in [0.717, 1.165) is 61.1 Å². The lowest BCUT2D eigenvalue weighted by Crippen LogP contribution is -2.11. The minimum absolute atomic E-state index is 0.875. The minimum Gasteiger partial charge on any atom is -0.455 e. The van der Waals surface area contributed by atoms with Crippen molar-refractivity contribution >= 4 is 71.6 Å². The van der Waals surface area contributed by atoms with E-state index in [2.05, 4.69) is 191 Å². The highest BCUT2D eigenvalue weighted by atomic mass is 16.3. The van der Waals surface area contributed by atoms with Crippen LogP contribution in [0.4, 0.5) is 17.1 Å². The maximum Gasteiger partial charge on any atom is 0.147 e. The molecule has 3 heteroatoms. The van der Waals surface area contributed by atoms with Crippen LogP contribution in [0.1, 0.15) is 0 Å². The highest BCUT2D eigenvalue weighted by Crippen LogP contribution is 2.49. The summed E-state index contributed by atoms with van der Waals surface area (Å²) in [7, 11) is 0.